The molecule has 0 aliphatic carbocycles. The molecule has 1 atom stereocenters. The average Bonchev–Trinajstić information content (AvgIpc) is 2.93. The zero-order valence-electron chi connectivity index (χ0n) is 31.1. The molecule has 3 N–H and O–H groups in total. The summed E-state index contributed by atoms with van der Waals surface area (Å²) < 4.78 is 5.26. The fourth-order valence-corrected chi connectivity index (χ4v) is 3.95. The number of aliphatic hydroxyl groups is 3. The molecule has 0 amide bonds. The molecule has 0 aromatic carbocycles. The van der Waals surface area contributed by atoms with Gasteiger partial charge in [-0.1, -0.05) is 141 Å². The van der Waals surface area contributed by atoms with Gasteiger partial charge in [0.25, 0.3) is 0 Å². The second-order valence-electron chi connectivity index (χ2n) is 14.1. The van der Waals surface area contributed by atoms with Gasteiger partial charge in [-0.25, -0.2) is 0 Å². The summed E-state index contributed by atoms with van der Waals surface area (Å²) in [4.78, 5) is 2.49. The normalized spacial score (nSPS) is 14.0. The van der Waals surface area contributed by atoms with Crippen LogP contribution in [0.1, 0.15) is 160 Å². The Morgan fingerprint density at radius 3 is 1.29 bits per heavy atom. The third-order valence-electron chi connectivity index (χ3n) is 6.79. The molecular formula is C37H83NO4. The Hall–Kier alpha value is -0.200. The van der Waals surface area contributed by atoms with Gasteiger partial charge in [0.15, 0.2) is 0 Å². The lowest BCUT2D eigenvalue weighted by molar-refractivity contribution is 0.0360. The quantitative estimate of drug-likeness (QED) is 0.144. The second kappa shape index (κ2) is 38.8. The van der Waals surface area contributed by atoms with Gasteiger partial charge in [-0.05, 0) is 55.4 Å². The maximum absolute atomic E-state index is 8.78. The van der Waals surface area contributed by atoms with Crippen LogP contribution in [0, 0.1) is 29.6 Å². The molecule has 0 bridgehead atoms. The van der Waals surface area contributed by atoms with E-state index in [4.69, 9.17) is 20.1 Å². The molecule has 0 saturated carbocycles. The maximum atomic E-state index is 8.78. The van der Waals surface area contributed by atoms with Gasteiger partial charge in [-0.15, -0.1) is 0 Å². The maximum Gasteiger partial charge on any atom is 0.0773 e. The summed E-state index contributed by atoms with van der Waals surface area (Å²) >= 11 is 0. The largest absolute Gasteiger partial charge is 0.396 e. The minimum atomic E-state index is -0.519. The Morgan fingerprint density at radius 1 is 0.571 bits per heavy atom. The van der Waals surface area contributed by atoms with E-state index in [0.29, 0.717) is 18.9 Å². The molecule has 42 heavy (non-hydrogen) atoms. The molecule has 1 fully saturated rings. The lowest BCUT2D eigenvalue weighted by atomic mass is 10.1. The Kier molecular flexibility index (Phi) is 45.0. The van der Waals surface area contributed by atoms with Crippen LogP contribution < -0.4 is 0 Å². The van der Waals surface area contributed by atoms with E-state index in [0.717, 1.165) is 56.4 Å². The van der Waals surface area contributed by atoms with Gasteiger partial charge in [-0.2, -0.15) is 0 Å². The minimum absolute atomic E-state index is 0.113. The molecule has 1 aliphatic rings. The SMILES string of the molecule is CC(C)CC(O)CO.CC(C)CCCCCO.CC(C)CCN1CCOCC1.CCCCC(C)C.CCCCC(C)C. The third kappa shape index (κ3) is 55.7. The van der Waals surface area contributed by atoms with Gasteiger partial charge in [0.2, 0.25) is 0 Å². The van der Waals surface area contributed by atoms with Crippen molar-refractivity contribution in [3.05, 3.63) is 0 Å². The fourth-order valence-electron chi connectivity index (χ4n) is 3.95. The van der Waals surface area contributed by atoms with E-state index in [1.54, 1.807) is 0 Å². The molecule has 260 valence electrons. The minimum Gasteiger partial charge on any atom is -0.396 e. The van der Waals surface area contributed by atoms with E-state index in [2.05, 4.69) is 74.1 Å². The van der Waals surface area contributed by atoms with Crippen molar-refractivity contribution in [3.63, 3.8) is 0 Å². The lowest BCUT2D eigenvalue weighted by Gasteiger charge is -2.26. The van der Waals surface area contributed by atoms with Crippen molar-refractivity contribution >= 4 is 0 Å². The molecule has 1 unspecified atom stereocenters. The Balaban J connectivity index is -0.000000218. The molecule has 1 heterocycles. The summed E-state index contributed by atoms with van der Waals surface area (Å²) in [5.41, 5.74) is 0. The summed E-state index contributed by atoms with van der Waals surface area (Å²) in [6.45, 7) is 32.2. The number of rotatable bonds is 17. The van der Waals surface area contributed by atoms with Gasteiger partial charge in [0.1, 0.15) is 0 Å². The highest BCUT2D eigenvalue weighted by Gasteiger charge is 2.09. The summed E-state index contributed by atoms with van der Waals surface area (Å²) in [6, 6.07) is 0. The summed E-state index contributed by atoms with van der Waals surface area (Å²) in [5, 5.41) is 25.5. The predicted molar refractivity (Wildman–Crippen MR) is 188 cm³/mol. The van der Waals surface area contributed by atoms with E-state index in [9.17, 15) is 0 Å². The molecule has 0 spiro atoms. The molecule has 5 nitrogen and oxygen atoms in total. The zero-order valence-corrected chi connectivity index (χ0v) is 31.1. The number of hydrogen-bond acceptors (Lipinski definition) is 5. The summed E-state index contributed by atoms with van der Waals surface area (Å²) in [6.07, 6.45) is 14.5. The average molecular weight is 606 g/mol. The van der Waals surface area contributed by atoms with Crippen LogP contribution in [0.5, 0.6) is 0 Å². The van der Waals surface area contributed by atoms with Gasteiger partial charge in [0, 0.05) is 19.7 Å². The standard InChI is InChI=1S/C9H19NO.C8H18O.2C7H16.C6H14O2/c1-9(2)3-4-10-5-7-11-8-6-10;1-8(2)6-4-3-5-7-9;2*1-4-5-6-7(2)3;1-5(2)3-6(8)4-7/h9H,3-8H2,1-2H3;8-9H,3-7H2,1-2H3;2*7H,4-6H2,1-3H3;5-8H,3-4H2,1-2H3. The van der Waals surface area contributed by atoms with Crippen LogP contribution in [0.25, 0.3) is 0 Å². The van der Waals surface area contributed by atoms with Crippen LogP contribution in [0.2, 0.25) is 0 Å². The summed E-state index contributed by atoms with van der Waals surface area (Å²) in [5.74, 6) is 3.93. The highest BCUT2D eigenvalue weighted by Crippen LogP contribution is 2.08. The van der Waals surface area contributed by atoms with Crippen molar-refractivity contribution in [1.82, 2.24) is 4.90 Å². The van der Waals surface area contributed by atoms with Crippen LogP contribution in [-0.2, 0) is 4.74 Å². The fraction of sp³-hybridized carbons (Fsp3) is 1.00. The van der Waals surface area contributed by atoms with E-state index < -0.39 is 6.10 Å². The highest BCUT2D eigenvalue weighted by atomic mass is 16.5. The van der Waals surface area contributed by atoms with E-state index in [1.807, 2.05) is 13.8 Å². The van der Waals surface area contributed by atoms with Gasteiger partial charge in [-0.3, -0.25) is 4.90 Å². The molecule has 0 aromatic rings. The van der Waals surface area contributed by atoms with Crippen molar-refractivity contribution < 1.29 is 20.1 Å². The molecule has 0 radical (unpaired) electrons. The first-order chi connectivity index (χ1) is 19.8. The topological polar surface area (TPSA) is 73.2 Å². The van der Waals surface area contributed by atoms with Gasteiger partial charge >= 0.3 is 0 Å². The number of nitrogens with zero attached hydrogens (tertiary/aromatic N) is 1. The van der Waals surface area contributed by atoms with Crippen LogP contribution in [-0.4, -0.2) is 72.4 Å². The Bertz CT molecular complexity index is 437. The number of hydrogen-bond donors (Lipinski definition) is 3. The van der Waals surface area contributed by atoms with Gasteiger partial charge < -0.3 is 20.1 Å². The smallest absolute Gasteiger partial charge is 0.0773 e. The van der Waals surface area contributed by atoms with E-state index >= 15 is 0 Å². The van der Waals surface area contributed by atoms with Crippen molar-refractivity contribution in [1.29, 1.82) is 0 Å². The molecule has 5 heteroatoms. The third-order valence-corrected chi connectivity index (χ3v) is 6.79. The second-order valence-corrected chi connectivity index (χ2v) is 14.1. The highest BCUT2D eigenvalue weighted by molar-refractivity contribution is 4.62. The Morgan fingerprint density at radius 2 is 1.00 bits per heavy atom. The zero-order chi connectivity index (χ0) is 33.2. The first-order valence-corrected chi connectivity index (χ1v) is 18.0. The predicted octanol–water partition coefficient (Wildman–Crippen LogP) is 9.61. The van der Waals surface area contributed by atoms with Crippen LogP contribution in [0.3, 0.4) is 0 Å². The molecule has 1 saturated heterocycles. The molecular weight excluding hydrogens is 522 g/mol. The lowest BCUT2D eigenvalue weighted by Crippen LogP contribution is -2.37. The number of ether oxygens (including phenoxy) is 1. The molecule has 1 rings (SSSR count). The van der Waals surface area contributed by atoms with Gasteiger partial charge in [0.05, 0.1) is 25.9 Å². The van der Waals surface area contributed by atoms with Crippen LogP contribution in [0.15, 0.2) is 0 Å². The van der Waals surface area contributed by atoms with E-state index in [1.165, 1.54) is 70.8 Å². The first kappa shape index (κ1) is 48.7. The monoisotopic (exact) mass is 606 g/mol. The number of unbranched alkanes of at least 4 members (excludes halogenated alkanes) is 4. The van der Waals surface area contributed by atoms with Crippen LogP contribution >= 0.6 is 0 Å². The Labute approximate surface area is 266 Å². The van der Waals surface area contributed by atoms with E-state index in [-0.39, 0.29) is 6.61 Å². The van der Waals surface area contributed by atoms with Crippen LogP contribution in [0.4, 0.5) is 0 Å². The molecule has 0 aromatic heterocycles. The van der Waals surface area contributed by atoms with Crippen molar-refractivity contribution in [2.75, 3.05) is 46.1 Å². The first-order valence-electron chi connectivity index (χ1n) is 18.0. The van der Waals surface area contributed by atoms with Crippen molar-refractivity contribution in [3.8, 4) is 0 Å². The molecule has 1 aliphatic heterocycles. The number of aliphatic hydroxyl groups excluding tert-OH is 3. The number of morpholine rings is 1. The summed E-state index contributed by atoms with van der Waals surface area (Å²) in [7, 11) is 0. The van der Waals surface area contributed by atoms with Crippen molar-refractivity contribution in [2.24, 2.45) is 29.6 Å². The van der Waals surface area contributed by atoms with Crippen molar-refractivity contribution in [2.45, 2.75) is 166 Å².